The van der Waals surface area contributed by atoms with Crippen LogP contribution in [0.3, 0.4) is 0 Å². The maximum atomic E-state index is 12.4. The molecule has 0 aliphatic rings. The number of rotatable bonds is 4. The normalized spacial score (nSPS) is 12.0. The number of aryl methyl sites for hydroxylation is 2. The zero-order valence-corrected chi connectivity index (χ0v) is 12.8. The summed E-state index contributed by atoms with van der Waals surface area (Å²) < 4.78 is 0. The molecule has 0 aliphatic heterocycles. The highest BCUT2D eigenvalue weighted by atomic mass is 16.1. The predicted octanol–water partition coefficient (Wildman–Crippen LogP) is 3.25. The Morgan fingerprint density at radius 1 is 1.14 bits per heavy atom. The molecule has 0 heterocycles. The first kappa shape index (κ1) is 15.1. The fraction of sp³-hybridized carbons (Fsp3) is 0.278. The van der Waals surface area contributed by atoms with Gasteiger partial charge in [-0.3, -0.25) is 4.79 Å². The SMILES string of the molecule is Cc1cc(C)c(C(=O)NC(C)Cc2ccccc2)cc1N. The molecule has 3 nitrogen and oxygen atoms in total. The van der Waals surface area contributed by atoms with E-state index >= 15 is 0 Å². The van der Waals surface area contributed by atoms with E-state index in [1.165, 1.54) is 5.56 Å². The Balaban J connectivity index is 2.06. The molecule has 1 atom stereocenters. The van der Waals surface area contributed by atoms with Gasteiger partial charge in [-0.05, 0) is 49.9 Å². The van der Waals surface area contributed by atoms with Gasteiger partial charge in [-0.2, -0.15) is 0 Å². The summed E-state index contributed by atoms with van der Waals surface area (Å²) in [6, 6.07) is 13.9. The van der Waals surface area contributed by atoms with Crippen LogP contribution in [0.5, 0.6) is 0 Å². The van der Waals surface area contributed by atoms with Crippen LogP contribution < -0.4 is 11.1 Å². The summed E-state index contributed by atoms with van der Waals surface area (Å²) in [5, 5.41) is 3.04. The lowest BCUT2D eigenvalue weighted by atomic mass is 10.0. The molecule has 0 saturated heterocycles. The van der Waals surface area contributed by atoms with Gasteiger partial charge in [0.15, 0.2) is 0 Å². The van der Waals surface area contributed by atoms with Crippen molar-refractivity contribution in [2.24, 2.45) is 0 Å². The molecule has 110 valence electrons. The molecule has 2 aromatic rings. The van der Waals surface area contributed by atoms with Gasteiger partial charge < -0.3 is 11.1 Å². The predicted molar refractivity (Wildman–Crippen MR) is 87.4 cm³/mol. The molecule has 0 fully saturated rings. The summed E-state index contributed by atoms with van der Waals surface area (Å²) >= 11 is 0. The molecule has 0 saturated carbocycles. The Morgan fingerprint density at radius 2 is 1.81 bits per heavy atom. The van der Waals surface area contributed by atoms with E-state index in [1.807, 2.05) is 45.0 Å². The van der Waals surface area contributed by atoms with Gasteiger partial charge in [-0.1, -0.05) is 36.4 Å². The molecule has 0 aliphatic carbocycles. The van der Waals surface area contributed by atoms with Crippen LogP contribution >= 0.6 is 0 Å². The standard InChI is InChI=1S/C18H22N2O/c1-12-9-13(2)17(19)11-16(12)18(21)20-14(3)10-15-7-5-4-6-8-15/h4-9,11,14H,10,19H2,1-3H3,(H,20,21). The Labute approximate surface area is 126 Å². The number of nitrogen functional groups attached to an aromatic ring is 1. The highest BCUT2D eigenvalue weighted by Crippen LogP contribution is 2.18. The first-order valence-electron chi connectivity index (χ1n) is 7.19. The molecule has 0 bridgehead atoms. The highest BCUT2D eigenvalue weighted by Gasteiger charge is 2.13. The molecule has 21 heavy (non-hydrogen) atoms. The van der Waals surface area contributed by atoms with Crippen molar-refractivity contribution in [3.63, 3.8) is 0 Å². The lowest BCUT2D eigenvalue weighted by Gasteiger charge is -2.16. The third-order valence-corrected chi connectivity index (χ3v) is 3.62. The number of hydrogen-bond acceptors (Lipinski definition) is 2. The molecular formula is C18H22N2O. The summed E-state index contributed by atoms with van der Waals surface area (Å²) in [5.41, 5.74) is 10.4. The molecule has 3 heteroatoms. The van der Waals surface area contributed by atoms with Gasteiger partial charge in [0.25, 0.3) is 5.91 Å². The molecule has 1 unspecified atom stereocenters. The number of anilines is 1. The van der Waals surface area contributed by atoms with Crippen LogP contribution in [0.1, 0.15) is 34.0 Å². The van der Waals surface area contributed by atoms with E-state index in [-0.39, 0.29) is 11.9 Å². The van der Waals surface area contributed by atoms with Gasteiger partial charge in [0.1, 0.15) is 0 Å². The van der Waals surface area contributed by atoms with E-state index in [0.717, 1.165) is 17.5 Å². The van der Waals surface area contributed by atoms with Crippen molar-refractivity contribution in [3.05, 3.63) is 64.7 Å². The van der Waals surface area contributed by atoms with Crippen LogP contribution in [0.4, 0.5) is 5.69 Å². The minimum Gasteiger partial charge on any atom is -0.398 e. The van der Waals surface area contributed by atoms with E-state index in [1.54, 1.807) is 6.07 Å². The van der Waals surface area contributed by atoms with E-state index in [9.17, 15) is 4.79 Å². The second kappa shape index (κ2) is 6.44. The number of carbonyl (C=O) groups is 1. The zero-order valence-electron chi connectivity index (χ0n) is 12.8. The molecule has 0 aromatic heterocycles. The van der Waals surface area contributed by atoms with Crippen LogP contribution in [0.2, 0.25) is 0 Å². The number of benzene rings is 2. The minimum absolute atomic E-state index is 0.0670. The van der Waals surface area contributed by atoms with E-state index in [0.29, 0.717) is 11.3 Å². The Kier molecular flexibility index (Phi) is 4.63. The largest absolute Gasteiger partial charge is 0.398 e. The number of hydrogen-bond donors (Lipinski definition) is 2. The molecule has 0 radical (unpaired) electrons. The monoisotopic (exact) mass is 282 g/mol. The fourth-order valence-electron chi connectivity index (χ4n) is 2.43. The fourth-order valence-corrected chi connectivity index (χ4v) is 2.43. The van der Waals surface area contributed by atoms with Gasteiger partial charge in [-0.25, -0.2) is 0 Å². The lowest BCUT2D eigenvalue weighted by molar-refractivity contribution is 0.0939. The molecule has 1 amide bonds. The van der Waals surface area contributed by atoms with Gasteiger partial charge in [0, 0.05) is 17.3 Å². The first-order valence-corrected chi connectivity index (χ1v) is 7.19. The second-order valence-electron chi connectivity index (χ2n) is 5.59. The van der Waals surface area contributed by atoms with Crippen molar-refractivity contribution >= 4 is 11.6 Å². The summed E-state index contributed by atoms with van der Waals surface area (Å²) in [6.07, 6.45) is 0.812. The molecule has 3 N–H and O–H groups in total. The third kappa shape index (κ3) is 3.85. The maximum absolute atomic E-state index is 12.4. The minimum atomic E-state index is -0.0670. The van der Waals surface area contributed by atoms with Crippen molar-refractivity contribution in [2.75, 3.05) is 5.73 Å². The smallest absolute Gasteiger partial charge is 0.251 e. The van der Waals surface area contributed by atoms with Gasteiger partial charge in [0.2, 0.25) is 0 Å². The zero-order chi connectivity index (χ0) is 15.4. The van der Waals surface area contributed by atoms with Crippen molar-refractivity contribution < 1.29 is 4.79 Å². The molecule has 2 rings (SSSR count). The topological polar surface area (TPSA) is 55.1 Å². The number of carbonyl (C=O) groups excluding carboxylic acids is 1. The number of amides is 1. The van der Waals surface area contributed by atoms with Crippen LogP contribution in [0.25, 0.3) is 0 Å². The van der Waals surface area contributed by atoms with Crippen molar-refractivity contribution in [2.45, 2.75) is 33.2 Å². The highest BCUT2D eigenvalue weighted by molar-refractivity contribution is 5.96. The molecular weight excluding hydrogens is 260 g/mol. The summed E-state index contributed by atoms with van der Waals surface area (Å²) in [5.74, 6) is -0.0670. The van der Waals surface area contributed by atoms with E-state index < -0.39 is 0 Å². The summed E-state index contributed by atoms with van der Waals surface area (Å²) in [6.45, 7) is 5.89. The summed E-state index contributed by atoms with van der Waals surface area (Å²) in [7, 11) is 0. The molecule has 0 spiro atoms. The van der Waals surface area contributed by atoms with Crippen LogP contribution in [-0.4, -0.2) is 11.9 Å². The van der Waals surface area contributed by atoms with Crippen molar-refractivity contribution in [1.82, 2.24) is 5.32 Å². The lowest BCUT2D eigenvalue weighted by Crippen LogP contribution is -2.34. The van der Waals surface area contributed by atoms with Crippen LogP contribution in [0.15, 0.2) is 42.5 Å². The van der Waals surface area contributed by atoms with Crippen LogP contribution in [-0.2, 0) is 6.42 Å². The van der Waals surface area contributed by atoms with Gasteiger partial charge >= 0.3 is 0 Å². The van der Waals surface area contributed by atoms with E-state index in [2.05, 4.69) is 17.4 Å². The van der Waals surface area contributed by atoms with Gasteiger partial charge in [-0.15, -0.1) is 0 Å². The summed E-state index contributed by atoms with van der Waals surface area (Å²) in [4.78, 5) is 12.4. The number of nitrogens with one attached hydrogen (secondary N) is 1. The van der Waals surface area contributed by atoms with Crippen molar-refractivity contribution in [3.8, 4) is 0 Å². The Bertz CT molecular complexity index is 635. The Morgan fingerprint density at radius 3 is 2.48 bits per heavy atom. The van der Waals surface area contributed by atoms with Crippen molar-refractivity contribution in [1.29, 1.82) is 0 Å². The average Bonchev–Trinajstić information content (AvgIpc) is 2.43. The van der Waals surface area contributed by atoms with Crippen LogP contribution in [0, 0.1) is 13.8 Å². The third-order valence-electron chi connectivity index (χ3n) is 3.62. The maximum Gasteiger partial charge on any atom is 0.251 e. The Hall–Kier alpha value is -2.29. The first-order chi connectivity index (χ1) is 9.97. The average molecular weight is 282 g/mol. The molecule has 2 aromatic carbocycles. The van der Waals surface area contributed by atoms with Gasteiger partial charge in [0.05, 0.1) is 0 Å². The quantitative estimate of drug-likeness (QED) is 0.846. The van der Waals surface area contributed by atoms with E-state index in [4.69, 9.17) is 5.73 Å². The number of nitrogens with two attached hydrogens (primary N) is 1. The second-order valence-corrected chi connectivity index (χ2v) is 5.59.